The van der Waals surface area contributed by atoms with Crippen molar-refractivity contribution in [3.63, 3.8) is 0 Å². The molecule has 1 atom stereocenters. The summed E-state index contributed by atoms with van der Waals surface area (Å²) >= 11 is 1.65. The molecule has 0 aliphatic carbocycles. The SMILES string of the molecule is CC(C)C1=NOC(C(=O)N2CCCN(c3nccs3)CC2)C1. The second-order valence-electron chi connectivity index (χ2n) is 6.02. The molecule has 0 spiro atoms. The van der Waals surface area contributed by atoms with Crippen molar-refractivity contribution in [2.24, 2.45) is 11.1 Å². The summed E-state index contributed by atoms with van der Waals surface area (Å²) in [6, 6.07) is 0. The van der Waals surface area contributed by atoms with Gasteiger partial charge in [-0.1, -0.05) is 19.0 Å². The first-order valence-corrected chi connectivity index (χ1v) is 8.69. The predicted molar refractivity (Wildman–Crippen MR) is 87.3 cm³/mol. The number of rotatable bonds is 3. The van der Waals surface area contributed by atoms with Gasteiger partial charge in [0.15, 0.2) is 5.13 Å². The Morgan fingerprint density at radius 1 is 1.36 bits per heavy atom. The molecule has 1 fully saturated rings. The minimum absolute atomic E-state index is 0.0698. The molecule has 1 aromatic heterocycles. The topological polar surface area (TPSA) is 58.0 Å². The van der Waals surface area contributed by atoms with Gasteiger partial charge in [0.05, 0.1) is 5.71 Å². The summed E-state index contributed by atoms with van der Waals surface area (Å²) in [5.74, 6) is 0.405. The number of oxime groups is 1. The molecule has 7 heteroatoms. The highest BCUT2D eigenvalue weighted by molar-refractivity contribution is 7.13. The molecule has 2 aliphatic rings. The van der Waals surface area contributed by atoms with Crippen molar-refractivity contribution in [3.05, 3.63) is 11.6 Å². The Morgan fingerprint density at radius 3 is 2.91 bits per heavy atom. The zero-order valence-electron chi connectivity index (χ0n) is 13.1. The third-order valence-electron chi connectivity index (χ3n) is 4.13. The lowest BCUT2D eigenvalue weighted by Gasteiger charge is -2.23. The number of nitrogens with zero attached hydrogens (tertiary/aromatic N) is 4. The summed E-state index contributed by atoms with van der Waals surface area (Å²) in [4.78, 5) is 26.5. The van der Waals surface area contributed by atoms with E-state index in [2.05, 4.69) is 28.9 Å². The van der Waals surface area contributed by atoms with Crippen LogP contribution >= 0.6 is 11.3 Å². The van der Waals surface area contributed by atoms with Crippen molar-refractivity contribution in [3.8, 4) is 0 Å². The van der Waals surface area contributed by atoms with Gasteiger partial charge >= 0.3 is 0 Å². The van der Waals surface area contributed by atoms with Crippen LogP contribution in [0.3, 0.4) is 0 Å². The molecule has 1 unspecified atom stereocenters. The molecule has 1 amide bonds. The lowest BCUT2D eigenvalue weighted by molar-refractivity contribution is -0.141. The average Bonchev–Trinajstić information content (AvgIpc) is 3.14. The lowest BCUT2D eigenvalue weighted by Crippen LogP contribution is -2.41. The molecule has 6 nitrogen and oxygen atoms in total. The molecule has 0 saturated carbocycles. The normalized spacial score (nSPS) is 22.5. The van der Waals surface area contributed by atoms with Crippen molar-refractivity contribution in [1.82, 2.24) is 9.88 Å². The highest BCUT2D eigenvalue weighted by Gasteiger charge is 2.33. The number of carbonyl (C=O) groups is 1. The fourth-order valence-corrected chi connectivity index (χ4v) is 3.47. The quantitative estimate of drug-likeness (QED) is 0.854. The van der Waals surface area contributed by atoms with Gasteiger partial charge < -0.3 is 14.6 Å². The Hall–Kier alpha value is -1.63. The van der Waals surface area contributed by atoms with Crippen LogP contribution in [-0.4, -0.2) is 53.8 Å². The number of hydrogen-bond acceptors (Lipinski definition) is 6. The molecule has 3 heterocycles. The Bertz CT molecular complexity index is 544. The molecular weight excluding hydrogens is 300 g/mol. The molecule has 1 aromatic rings. The third kappa shape index (κ3) is 3.24. The summed E-state index contributed by atoms with van der Waals surface area (Å²) in [5.41, 5.74) is 0.984. The van der Waals surface area contributed by atoms with Crippen LogP contribution in [0.5, 0.6) is 0 Å². The standard InChI is InChI=1S/C15H22N4O2S/c1-11(2)12-10-13(21-17-12)14(20)18-5-3-6-19(8-7-18)15-16-4-9-22-15/h4,9,11,13H,3,5-8,10H2,1-2H3. The summed E-state index contributed by atoms with van der Waals surface area (Å²) in [7, 11) is 0. The number of carbonyl (C=O) groups excluding carboxylic acids is 1. The van der Waals surface area contributed by atoms with Crippen LogP contribution in [0.15, 0.2) is 16.7 Å². The molecule has 0 radical (unpaired) electrons. The molecule has 3 rings (SSSR count). The summed E-state index contributed by atoms with van der Waals surface area (Å²) in [6.45, 7) is 7.41. The fraction of sp³-hybridized carbons (Fsp3) is 0.667. The van der Waals surface area contributed by atoms with Crippen LogP contribution < -0.4 is 4.90 Å². The largest absolute Gasteiger partial charge is 0.382 e. The zero-order chi connectivity index (χ0) is 15.5. The maximum Gasteiger partial charge on any atom is 0.266 e. The minimum atomic E-state index is -0.427. The minimum Gasteiger partial charge on any atom is -0.382 e. The van der Waals surface area contributed by atoms with E-state index in [0.29, 0.717) is 12.3 Å². The number of anilines is 1. The van der Waals surface area contributed by atoms with Gasteiger partial charge in [-0.3, -0.25) is 4.79 Å². The van der Waals surface area contributed by atoms with Crippen LogP contribution in [0.2, 0.25) is 0 Å². The van der Waals surface area contributed by atoms with Crippen LogP contribution in [0.25, 0.3) is 0 Å². The maximum absolute atomic E-state index is 12.6. The first-order chi connectivity index (χ1) is 10.6. The third-order valence-corrected chi connectivity index (χ3v) is 4.96. The molecule has 0 bridgehead atoms. The molecule has 120 valence electrons. The van der Waals surface area contributed by atoms with E-state index in [9.17, 15) is 4.79 Å². The summed E-state index contributed by atoms with van der Waals surface area (Å²) in [6.07, 6.45) is 2.98. The smallest absolute Gasteiger partial charge is 0.266 e. The van der Waals surface area contributed by atoms with Crippen molar-refractivity contribution in [2.75, 3.05) is 31.1 Å². The van der Waals surface area contributed by atoms with E-state index in [1.807, 2.05) is 16.5 Å². The Labute approximate surface area is 134 Å². The lowest BCUT2D eigenvalue weighted by atomic mass is 10.0. The van der Waals surface area contributed by atoms with Crippen LogP contribution in [0, 0.1) is 5.92 Å². The average molecular weight is 322 g/mol. The van der Waals surface area contributed by atoms with E-state index >= 15 is 0 Å². The molecule has 0 aromatic carbocycles. The first kappa shape index (κ1) is 15.3. The molecule has 1 saturated heterocycles. The number of amides is 1. The van der Waals surface area contributed by atoms with Crippen LogP contribution in [-0.2, 0) is 9.63 Å². The summed E-state index contributed by atoms with van der Waals surface area (Å²) in [5, 5.41) is 7.09. The van der Waals surface area contributed by atoms with Gasteiger partial charge in [-0.2, -0.15) is 0 Å². The van der Waals surface area contributed by atoms with Gasteiger partial charge in [0.2, 0.25) is 6.10 Å². The van der Waals surface area contributed by atoms with Gasteiger partial charge in [0, 0.05) is 44.2 Å². The fourth-order valence-electron chi connectivity index (χ4n) is 2.77. The molecule has 22 heavy (non-hydrogen) atoms. The van der Waals surface area contributed by atoms with Gasteiger partial charge in [-0.25, -0.2) is 4.98 Å². The van der Waals surface area contributed by atoms with E-state index in [1.165, 1.54) is 0 Å². The monoisotopic (exact) mass is 322 g/mol. The van der Waals surface area contributed by atoms with E-state index in [0.717, 1.165) is 43.4 Å². The maximum atomic E-state index is 12.6. The van der Waals surface area contributed by atoms with Gasteiger partial charge in [-0.15, -0.1) is 11.3 Å². The number of aromatic nitrogens is 1. The molecule has 2 aliphatic heterocycles. The Morgan fingerprint density at radius 2 is 2.23 bits per heavy atom. The second kappa shape index (κ2) is 6.64. The van der Waals surface area contributed by atoms with Crippen molar-refractivity contribution >= 4 is 28.1 Å². The zero-order valence-corrected chi connectivity index (χ0v) is 13.9. The highest BCUT2D eigenvalue weighted by atomic mass is 32.1. The Kier molecular flexibility index (Phi) is 4.61. The van der Waals surface area contributed by atoms with Crippen molar-refractivity contribution in [2.45, 2.75) is 32.8 Å². The van der Waals surface area contributed by atoms with Crippen LogP contribution in [0.4, 0.5) is 5.13 Å². The first-order valence-electron chi connectivity index (χ1n) is 7.81. The van der Waals surface area contributed by atoms with Crippen molar-refractivity contribution in [1.29, 1.82) is 0 Å². The second-order valence-corrected chi connectivity index (χ2v) is 6.89. The van der Waals surface area contributed by atoms with Gasteiger partial charge in [-0.05, 0) is 12.3 Å². The van der Waals surface area contributed by atoms with E-state index in [1.54, 1.807) is 11.3 Å². The predicted octanol–water partition coefficient (Wildman–Crippen LogP) is 1.98. The Balaban J connectivity index is 1.56. The number of thiazole rings is 1. The highest BCUT2D eigenvalue weighted by Crippen LogP contribution is 2.21. The summed E-state index contributed by atoms with van der Waals surface area (Å²) < 4.78 is 0. The van der Waals surface area contributed by atoms with E-state index in [4.69, 9.17) is 4.84 Å². The van der Waals surface area contributed by atoms with Gasteiger partial charge in [0.25, 0.3) is 5.91 Å². The molecule has 0 N–H and O–H groups in total. The van der Waals surface area contributed by atoms with Crippen molar-refractivity contribution < 1.29 is 9.63 Å². The number of hydrogen-bond donors (Lipinski definition) is 0. The molecular formula is C15H22N4O2S. The van der Waals surface area contributed by atoms with Gasteiger partial charge in [0.1, 0.15) is 0 Å². The van der Waals surface area contributed by atoms with E-state index < -0.39 is 6.10 Å². The van der Waals surface area contributed by atoms with Crippen LogP contribution in [0.1, 0.15) is 26.7 Å². The van der Waals surface area contributed by atoms with E-state index in [-0.39, 0.29) is 5.91 Å².